The number of nitrogens with one attached hydrogen (secondary N) is 3. The summed E-state index contributed by atoms with van der Waals surface area (Å²) in [6, 6.07) is 8.62. The second-order valence-corrected chi connectivity index (χ2v) is 8.33. The predicted molar refractivity (Wildman–Crippen MR) is 112 cm³/mol. The Morgan fingerprint density at radius 2 is 2.00 bits per heavy atom. The molecule has 9 nitrogen and oxygen atoms in total. The van der Waals surface area contributed by atoms with Gasteiger partial charge in [-0.05, 0) is 31.0 Å². The van der Waals surface area contributed by atoms with Crippen LogP contribution in [-0.2, 0) is 11.8 Å². The Morgan fingerprint density at radius 1 is 1.20 bits per heavy atom. The second-order valence-electron chi connectivity index (χ2n) is 8.33. The van der Waals surface area contributed by atoms with Crippen molar-refractivity contribution in [1.82, 2.24) is 20.3 Å². The first-order valence-corrected chi connectivity index (χ1v) is 9.74. The van der Waals surface area contributed by atoms with E-state index in [1.807, 2.05) is 39.0 Å². The zero-order valence-corrected chi connectivity index (χ0v) is 17.4. The lowest BCUT2D eigenvalue weighted by atomic mass is 9.92. The smallest absolute Gasteiger partial charge is 0.326 e. The maximum absolute atomic E-state index is 12.5. The molecule has 3 amide bonds. The summed E-state index contributed by atoms with van der Waals surface area (Å²) in [5.74, 6) is 1.29. The van der Waals surface area contributed by atoms with Crippen LogP contribution in [-0.4, -0.2) is 33.4 Å². The highest BCUT2D eigenvalue weighted by Gasteiger charge is 2.23. The molecular weight excluding hydrogens is 384 g/mol. The molecule has 1 aliphatic rings. The SMILES string of the molecule is Cc1cc(NC(=O)Nc2cc(C(C)(C)C)nn2-c2ccc3c(c2)C(=O)NCC3)no1. The van der Waals surface area contributed by atoms with Gasteiger partial charge in [0.1, 0.15) is 11.6 Å². The molecule has 30 heavy (non-hydrogen) atoms. The first kappa shape index (κ1) is 19.7. The van der Waals surface area contributed by atoms with Crippen molar-refractivity contribution >= 4 is 23.6 Å². The fourth-order valence-corrected chi connectivity index (χ4v) is 3.25. The molecule has 0 saturated heterocycles. The minimum absolute atomic E-state index is 0.102. The highest BCUT2D eigenvalue weighted by atomic mass is 16.5. The van der Waals surface area contributed by atoms with Crippen molar-refractivity contribution in [3.8, 4) is 5.69 Å². The Bertz CT molecular complexity index is 1120. The number of amides is 3. The molecule has 156 valence electrons. The summed E-state index contributed by atoms with van der Waals surface area (Å²) in [4.78, 5) is 24.8. The number of benzene rings is 1. The van der Waals surface area contributed by atoms with Gasteiger partial charge in [0.05, 0.1) is 11.4 Å². The molecule has 3 heterocycles. The van der Waals surface area contributed by atoms with Crippen molar-refractivity contribution in [3.05, 3.63) is 52.9 Å². The van der Waals surface area contributed by atoms with Crippen molar-refractivity contribution in [3.63, 3.8) is 0 Å². The van der Waals surface area contributed by atoms with E-state index in [2.05, 4.69) is 21.1 Å². The summed E-state index contributed by atoms with van der Waals surface area (Å²) in [6.07, 6.45) is 0.790. The van der Waals surface area contributed by atoms with Gasteiger partial charge < -0.3 is 9.84 Å². The molecule has 0 fully saturated rings. The van der Waals surface area contributed by atoms with Crippen molar-refractivity contribution < 1.29 is 14.1 Å². The van der Waals surface area contributed by atoms with Crippen LogP contribution in [0.15, 0.2) is 34.9 Å². The van der Waals surface area contributed by atoms with Gasteiger partial charge in [-0.25, -0.2) is 9.48 Å². The number of urea groups is 1. The van der Waals surface area contributed by atoms with Crippen LogP contribution in [0, 0.1) is 6.92 Å². The molecule has 0 bridgehead atoms. The van der Waals surface area contributed by atoms with Crippen molar-refractivity contribution in [2.45, 2.75) is 39.5 Å². The fourth-order valence-electron chi connectivity index (χ4n) is 3.25. The van der Waals surface area contributed by atoms with E-state index in [0.29, 0.717) is 35.2 Å². The summed E-state index contributed by atoms with van der Waals surface area (Å²) in [7, 11) is 0. The lowest BCUT2D eigenvalue weighted by Crippen LogP contribution is -2.31. The van der Waals surface area contributed by atoms with Gasteiger partial charge in [-0.1, -0.05) is 32.0 Å². The molecule has 2 aromatic heterocycles. The molecule has 3 N–H and O–H groups in total. The van der Waals surface area contributed by atoms with E-state index >= 15 is 0 Å². The summed E-state index contributed by atoms with van der Waals surface area (Å²) in [6.45, 7) is 8.51. The third-order valence-electron chi connectivity index (χ3n) is 4.85. The van der Waals surface area contributed by atoms with E-state index in [-0.39, 0.29) is 11.3 Å². The van der Waals surface area contributed by atoms with Gasteiger partial charge in [-0.3, -0.25) is 15.4 Å². The number of hydrogen-bond donors (Lipinski definition) is 3. The monoisotopic (exact) mass is 408 g/mol. The van der Waals surface area contributed by atoms with Crippen molar-refractivity contribution in [1.29, 1.82) is 0 Å². The molecular formula is C21H24N6O3. The molecule has 4 rings (SSSR count). The Kier molecular flexibility index (Phi) is 4.81. The van der Waals surface area contributed by atoms with Crippen molar-refractivity contribution in [2.24, 2.45) is 0 Å². The largest absolute Gasteiger partial charge is 0.360 e. The number of carbonyl (C=O) groups excluding carboxylic acids is 2. The first-order chi connectivity index (χ1) is 14.2. The van der Waals surface area contributed by atoms with E-state index in [0.717, 1.165) is 17.7 Å². The molecule has 0 radical (unpaired) electrons. The van der Waals surface area contributed by atoms with E-state index in [9.17, 15) is 9.59 Å². The van der Waals surface area contributed by atoms with E-state index < -0.39 is 6.03 Å². The van der Waals surface area contributed by atoms with Gasteiger partial charge in [0, 0.05) is 29.7 Å². The van der Waals surface area contributed by atoms with Crippen LogP contribution >= 0.6 is 0 Å². The first-order valence-electron chi connectivity index (χ1n) is 9.74. The average molecular weight is 408 g/mol. The van der Waals surface area contributed by atoms with Crippen LogP contribution in [0.4, 0.5) is 16.4 Å². The van der Waals surface area contributed by atoms with Gasteiger partial charge in [0.2, 0.25) is 0 Å². The third-order valence-corrected chi connectivity index (χ3v) is 4.85. The highest BCUT2D eigenvalue weighted by molar-refractivity contribution is 5.99. The molecule has 0 unspecified atom stereocenters. The van der Waals surface area contributed by atoms with Crippen LogP contribution < -0.4 is 16.0 Å². The second kappa shape index (κ2) is 7.33. The number of anilines is 2. The van der Waals surface area contributed by atoms with E-state index in [4.69, 9.17) is 9.62 Å². The van der Waals surface area contributed by atoms with Crippen LogP contribution in [0.5, 0.6) is 0 Å². The van der Waals surface area contributed by atoms with E-state index in [1.54, 1.807) is 23.7 Å². The number of fused-ring (bicyclic) bond motifs is 1. The molecule has 0 atom stereocenters. The normalized spacial score (nSPS) is 13.5. The molecule has 9 heteroatoms. The van der Waals surface area contributed by atoms with Crippen molar-refractivity contribution in [2.75, 3.05) is 17.2 Å². The van der Waals surface area contributed by atoms with Crippen LogP contribution in [0.3, 0.4) is 0 Å². The Balaban J connectivity index is 1.68. The standard InChI is InChI=1S/C21H24N6O3/c1-12-9-17(26-30-12)23-20(29)24-18-11-16(21(2,3)4)25-27(18)14-6-5-13-7-8-22-19(28)15(13)10-14/h5-6,9-11H,7-8H2,1-4H3,(H,22,28)(H2,23,24,26,29). The summed E-state index contributed by atoms with van der Waals surface area (Å²) in [5, 5.41) is 16.8. The van der Waals surface area contributed by atoms with Gasteiger partial charge in [0.15, 0.2) is 5.82 Å². The topological polar surface area (TPSA) is 114 Å². The number of nitrogens with zero attached hydrogens (tertiary/aromatic N) is 3. The van der Waals surface area contributed by atoms with Gasteiger partial charge >= 0.3 is 6.03 Å². The maximum Gasteiger partial charge on any atom is 0.326 e. The Labute approximate surface area is 173 Å². The summed E-state index contributed by atoms with van der Waals surface area (Å²) >= 11 is 0. The average Bonchev–Trinajstić information content (AvgIpc) is 3.28. The number of hydrogen-bond acceptors (Lipinski definition) is 5. The number of rotatable bonds is 3. The molecule has 1 aromatic carbocycles. The molecule has 0 saturated carbocycles. The Hall–Kier alpha value is -3.62. The van der Waals surface area contributed by atoms with Gasteiger partial charge in [-0.15, -0.1) is 0 Å². The minimum atomic E-state index is -0.472. The summed E-state index contributed by atoms with van der Waals surface area (Å²) < 4.78 is 6.61. The lowest BCUT2D eigenvalue weighted by molar-refractivity contribution is 0.0946. The highest BCUT2D eigenvalue weighted by Crippen LogP contribution is 2.28. The number of aryl methyl sites for hydroxylation is 1. The van der Waals surface area contributed by atoms with Crippen LogP contribution in [0.2, 0.25) is 0 Å². The zero-order valence-electron chi connectivity index (χ0n) is 17.4. The number of carbonyl (C=O) groups is 2. The van der Waals surface area contributed by atoms with Crippen LogP contribution in [0.1, 0.15) is 48.1 Å². The molecule has 1 aliphatic heterocycles. The quantitative estimate of drug-likeness (QED) is 0.615. The molecule has 0 spiro atoms. The number of aromatic nitrogens is 3. The van der Waals surface area contributed by atoms with Gasteiger partial charge in [-0.2, -0.15) is 5.10 Å². The predicted octanol–water partition coefficient (Wildman–Crippen LogP) is 3.40. The van der Waals surface area contributed by atoms with E-state index in [1.165, 1.54) is 0 Å². The van der Waals surface area contributed by atoms with Crippen LogP contribution in [0.25, 0.3) is 5.69 Å². The molecule has 0 aliphatic carbocycles. The maximum atomic E-state index is 12.5. The molecule has 3 aromatic rings. The minimum Gasteiger partial charge on any atom is -0.360 e. The summed E-state index contributed by atoms with van der Waals surface area (Å²) in [5.41, 5.74) is 2.89. The fraction of sp³-hybridized carbons (Fsp3) is 0.333. The lowest BCUT2D eigenvalue weighted by Gasteiger charge is -2.18. The zero-order chi connectivity index (χ0) is 21.5. The Morgan fingerprint density at radius 3 is 2.70 bits per heavy atom. The third kappa shape index (κ3) is 3.91. The van der Waals surface area contributed by atoms with Gasteiger partial charge in [0.25, 0.3) is 5.91 Å².